The van der Waals surface area contributed by atoms with Gasteiger partial charge in [-0.2, -0.15) is 0 Å². The number of benzene rings is 1. The molecule has 60 valence electrons. The molecule has 0 amide bonds. The molecule has 1 aromatic rings. The van der Waals surface area contributed by atoms with Crippen LogP contribution in [0.3, 0.4) is 0 Å². The maximum Gasteiger partial charge on any atom is 0.132 e. The van der Waals surface area contributed by atoms with Gasteiger partial charge in [0.1, 0.15) is 12.8 Å². The predicted molar refractivity (Wildman–Crippen MR) is 41.0 cm³/mol. The third-order valence-electron chi connectivity index (χ3n) is 1.47. The lowest BCUT2D eigenvalue weighted by molar-refractivity contribution is 0.260. The van der Waals surface area contributed by atoms with Crippen molar-refractivity contribution >= 4 is 0 Å². The van der Waals surface area contributed by atoms with Gasteiger partial charge in [-0.15, -0.1) is 0 Å². The Kier molecular flexibility index (Phi) is 3.02. The monoisotopic (exact) mass is 156 g/mol. The zero-order chi connectivity index (χ0) is 8.10. The molecule has 0 radical (unpaired) electrons. The van der Waals surface area contributed by atoms with Gasteiger partial charge in [0.15, 0.2) is 0 Å². The molecule has 0 aliphatic carbocycles. The lowest BCUT2D eigenvalue weighted by atomic mass is 10.1. The third kappa shape index (κ3) is 2.66. The number of halogens is 2. The maximum atomic E-state index is 12.4. The fraction of sp³-hybridized carbons (Fsp3) is 0.333. The zero-order valence-electron chi connectivity index (χ0n) is 6.13. The van der Waals surface area contributed by atoms with Crippen LogP contribution in [0.1, 0.15) is 5.56 Å². The van der Waals surface area contributed by atoms with Crippen LogP contribution < -0.4 is 0 Å². The summed E-state index contributed by atoms with van der Waals surface area (Å²) in [5.74, 6) is 0. The molecule has 0 bridgehead atoms. The highest BCUT2D eigenvalue weighted by Crippen LogP contribution is 2.05. The summed E-state index contributed by atoms with van der Waals surface area (Å²) in [6.07, 6.45) is -1.17. The Morgan fingerprint density at radius 1 is 1.18 bits per heavy atom. The van der Waals surface area contributed by atoms with Gasteiger partial charge >= 0.3 is 0 Å². The van der Waals surface area contributed by atoms with E-state index >= 15 is 0 Å². The van der Waals surface area contributed by atoms with Crippen molar-refractivity contribution in [3.05, 3.63) is 35.9 Å². The van der Waals surface area contributed by atoms with Crippen LogP contribution in [0.4, 0.5) is 8.78 Å². The summed E-state index contributed by atoms with van der Waals surface area (Å²) in [5.41, 5.74) is 0.845. The molecule has 0 spiro atoms. The van der Waals surface area contributed by atoms with Crippen molar-refractivity contribution in [2.45, 2.75) is 12.6 Å². The largest absolute Gasteiger partial charge is 0.248 e. The Hall–Kier alpha value is -0.920. The van der Waals surface area contributed by atoms with Gasteiger partial charge in [-0.25, -0.2) is 8.78 Å². The second-order valence-corrected chi connectivity index (χ2v) is 2.44. The van der Waals surface area contributed by atoms with E-state index in [-0.39, 0.29) is 6.42 Å². The molecular formula is C9H10F2. The average Bonchev–Trinajstić information content (AvgIpc) is 2.06. The summed E-state index contributed by atoms with van der Waals surface area (Å²) in [6.45, 7) is -0.894. The third-order valence-corrected chi connectivity index (χ3v) is 1.47. The van der Waals surface area contributed by atoms with Gasteiger partial charge in [-0.05, 0) is 5.56 Å². The first-order valence-corrected chi connectivity index (χ1v) is 3.57. The minimum atomic E-state index is -1.35. The highest BCUT2D eigenvalue weighted by Gasteiger charge is 2.05. The molecule has 0 N–H and O–H groups in total. The van der Waals surface area contributed by atoms with Crippen molar-refractivity contribution in [1.29, 1.82) is 0 Å². The fourth-order valence-electron chi connectivity index (χ4n) is 0.924. The molecule has 0 unspecified atom stereocenters. The van der Waals surface area contributed by atoms with Crippen molar-refractivity contribution in [1.82, 2.24) is 0 Å². The van der Waals surface area contributed by atoms with E-state index in [0.717, 1.165) is 5.56 Å². The van der Waals surface area contributed by atoms with Crippen molar-refractivity contribution in [2.24, 2.45) is 0 Å². The Balaban J connectivity index is 2.51. The van der Waals surface area contributed by atoms with Crippen LogP contribution in [0.2, 0.25) is 0 Å². The number of hydrogen-bond donors (Lipinski definition) is 0. The Bertz CT molecular complexity index is 196. The SMILES string of the molecule is FC[C@@H](F)Cc1ccccc1. The summed E-state index contributed by atoms with van der Waals surface area (Å²) < 4.78 is 24.1. The number of alkyl halides is 2. The predicted octanol–water partition coefficient (Wildman–Crippen LogP) is 2.54. The maximum absolute atomic E-state index is 12.4. The quantitative estimate of drug-likeness (QED) is 0.630. The Morgan fingerprint density at radius 3 is 2.36 bits per heavy atom. The van der Waals surface area contributed by atoms with Crippen molar-refractivity contribution in [2.75, 3.05) is 6.67 Å². The first-order valence-electron chi connectivity index (χ1n) is 3.57. The van der Waals surface area contributed by atoms with Gasteiger partial charge < -0.3 is 0 Å². The molecule has 1 atom stereocenters. The molecule has 0 aliphatic heterocycles. The van der Waals surface area contributed by atoms with E-state index in [2.05, 4.69) is 0 Å². The minimum Gasteiger partial charge on any atom is -0.248 e. The van der Waals surface area contributed by atoms with Crippen LogP contribution in [0.5, 0.6) is 0 Å². The minimum absolute atomic E-state index is 0.178. The molecule has 1 aromatic carbocycles. The summed E-state index contributed by atoms with van der Waals surface area (Å²) >= 11 is 0. The normalized spacial score (nSPS) is 12.9. The summed E-state index contributed by atoms with van der Waals surface area (Å²) in [6, 6.07) is 9.08. The number of hydrogen-bond acceptors (Lipinski definition) is 0. The highest BCUT2D eigenvalue weighted by molar-refractivity contribution is 5.15. The molecule has 0 heterocycles. The van der Waals surface area contributed by atoms with Crippen LogP contribution >= 0.6 is 0 Å². The first kappa shape index (κ1) is 8.18. The van der Waals surface area contributed by atoms with Crippen molar-refractivity contribution in [3.8, 4) is 0 Å². The highest BCUT2D eigenvalue weighted by atomic mass is 19.2. The molecule has 1 rings (SSSR count). The van der Waals surface area contributed by atoms with E-state index in [1.807, 2.05) is 18.2 Å². The average molecular weight is 156 g/mol. The lowest BCUT2D eigenvalue weighted by Crippen LogP contribution is -2.06. The first-order chi connectivity index (χ1) is 5.33. The van der Waals surface area contributed by atoms with Crippen molar-refractivity contribution in [3.63, 3.8) is 0 Å². The second-order valence-electron chi connectivity index (χ2n) is 2.44. The van der Waals surface area contributed by atoms with E-state index in [4.69, 9.17) is 0 Å². The summed E-state index contributed by atoms with van der Waals surface area (Å²) in [5, 5.41) is 0. The molecule has 0 saturated heterocycles. The molecule has 2 heteroatoms. The zero-order valence-corrected chi connectivity index (χ0v) is 6.13. The van der Waals surface area contributed by atoms with Crippen LogP contribution in [-0.2, 0) is 6.42 Å². The van der Waals surface area contributed by atoms with Gasteiger partial charge in [0.2, 0.25) is 0 Å². The molecule has 0 aliphatic rings. The molecule has 11 heavy (non-hydrogen) atoms. The van der Waals surface area contributed by atoms with Crippen LogP contribution in [0.15, 0.2) is 30.3 Å². The topological polar surface area (TPSA) is 0 Å². The van der Waals surface area contributed by atoms with Gasteiger partial charge in [0.25, 0.3) is 0 Å². The van der Waals surface area contributed by atoms with Crippen LogP contribution in [-0.4, -0.2) is 12.8 Å². The second kappa shape index (κ2) is 4.06. The lowest BCUT2D eigenvalue weighted by Gasteiger charge is -2.01. The standard InChI is InChI=1S/C9H10F2/c10-7-9(11)6-8-4-2-1-3-5-8/h1-5,9H,6-7H2/t9-/m0/s1. The van der Waals surface area contributed by atoms with Crippen LogP contribution in [0, 0.1) is 0 Å². The molecule has 0 saturated carbocycles. The van der Waals surface area contributed by atoms with E-state index in [9.17, 15) is 8.78 Å². The van der Waals surface area contributed by atoms with E-state index < -0.39 is 12.8 Å². The summed E-state index contributed by atoms with van der Waals surface area (Å²) in [7, 11) is 0. The van der Waals surface area contributed by atoms with E-state index in [1.165, 1.54) is 0 Å². The number of rotatable bonds is 3. The van der Waals surface area contributed by atoms with Gasteiger partial charge in [-0.3, -0.25) is 0 Å². The smallest absolute Gasteiger partial charge is 0.132 e. The summed E-state index contributed by atoms with van der Waals surface area (Å²) in [4.78, 5) is 0. The molecule has 0 aromatic heterocycles. The Labute approximate surface area is 64.9 Å². The van der Waals surface area contributed by atoms with Gasteiger partial charge in [0, 0.05) is 6.42 Å². The molecular weight excluding hydrogens is 146 g/mol. The molecule has 0 nitrogen and oxygen atoms in total. The molecule has 0 fully saturated rings. The fourth-order valence-corrected chi connectivity index (χ4v) is 0.924. The van der Waals surface area contributed by atoms with Crippen LogP contribution in [0.25, 0.3) is 0 Å². The van der Waals surface area contributed by atoms with Gasteiger partial charge in [-0.1, -0.05) is 30.3 Å². The van der Waals surface area contributed by atoms with Crippen molar-refractivity contribution < 1.29 is 8.78 Å². The van der Waals surface area contributed by atoms with Gasteiger partial charge in [0.05, 0.1) is 0 Å². The van der Waals surface area contributed by atoms with E-state index in [1.54, 1.807) is 12.1 Å². The Morgan fingerprint density at radius 2 is 1.82 bits per heavy atom. The van der Waals surface area contributed by atoms with E-state index in [0.29, 0.717) is 0 Å².